The number of hydrogen-bond acceptors (Lipinski definition) is 2. The Hall–Kier alpha value is -1.05. The zero-order valence-corrected chi connectivity index (χ0v) is 8.58. The van der Waals surface area contributed by atoms with Crippen molar-refractivity contribution < 1.29 is 9.21 Å². The lowest BCUT2D eigenvalue weighted by molar-refractivity contribution is -0.124. The monoisotopic (exact) mass is 192 g/mol. The minimum absolute atomic E-state index is 0.217. The van der Waals surface area contributed by atoms with Crippen LogP contribution >= 0.6 is 0 Å². The number of rotatable bonds is 2. The van der Waals surface area contributed by atoms with E-state index in [-0.39, 0.29) is 5.92 Å². The number of Topliss-reactive ketones (excluding diaryl/α,β-unsaturated/α-hetero) is 1. The van der Waals surface area contributed by atoms with Crippen molar-refractivity contribution in [2.45, 2.75) is 39.0 Å². The number of furan rings is 1. The van der Waals surface area contributed by atoms with Gasteiger partial charge in [0.2, 0.25) is 0 Å². The number of carbonyl (C=O) groups excluding carboxylic acids is 1. The van der Waals surface area contributed by atoms with E-state index in [0.717, 1.165) is 37.2 Å². The number of carbonyl (C=O) groups is 1. The first-order chi connectivity index (χ1) is 6.75. The predicted molar refractivity (Wildman–Crippen MR) is 54.1 cm³/mol. The van der Waals surface area contributed by atoms with Crippen LogP contribution in [0, 0.1) is 12.8 Å². The van der Waals surface area contributed by atoms with Crippen molar-refractivity contribution in [2.75, 3.05) is 0 Å². The van der Waals surface area contributed by atoms with Crippen LogP contribution in [0.1, 0.15) is 37.2 Å². The van der Waals surface area contributed by atoms with Gasteiger partial charge in [0.25, 0.3) is 0 Å². The van der Waals surface area contributed by atoms with Gasteiger partial charge < -0.3 is 4.42 Å². The van der Waals surface area contributed by atoms with Gasteiger partial charge >= 0.3 is 0 Å². The molecule has 0 aliphatic heterocycles. The summed E-state index contributed by atoms with van der Waals surface area (Å²) in [5.41, 5.74) is 0. The molecule has 1 atom stereocenters. The van der Waals surface area contributed by atoms with Crippen molar-refractivity contribution in [2.24, 2.45) is 5.92 Å². The summed E-state index contributed by atoms with van der Waals surface area (Å²) in [6, 6.07) is 3.94. The fourth-order valence-corrected chi connectivity index (χ4v) is 2.11. The lowest BCUT2D eigenvalue weighted by Crippen LogP contribution is -2.20. The summed E-state index contributed by atoms with van der Waals surface area (Å²) in [6.45, 7) is 1.94. The first-order valence-corrected chi connectivity index (χ1v) is 5.34. The van der Waals surface area contributed by atoms with Crippen LogP contribution in [0.15, 0.2) is 16.5 Å². The largest absolute Gasteiger partial charge is 0.466 e. The molecular weight excluding hydrogens is 176 g/mol. The molecule has 2 rings (SSSR count). The summed E-state index contributed by atoms with van der Waals surface area (Å²) in [5.74, 6) is 2.53. The summed E-state index contributed by atoms with van der Waals surface area (Å²) in [7, 11) is 0. The van der Waals surface area contributed by atoms with E-state index < -0.39 is 0 Å². The zero-order chi connectivity index (χ0) is 9.97. The number of hydrogen-bond donors (Lipinski definition) is 0. The first kappa shape index (κ1) is 9.50. The molecular formula is C12H16O2. The van der Waals surface area contributed by atoms with Crippen LogP contribution in [-0.4, -0.2) is 5.78 Å². The van der Waals surface area contributed by atoms with Gasteiger partial charge in [-0.05, 0) is 31.9 Å². The second-order valence-corrected chi connectivity index (χ2v) is 4.13. The maximum absolute atomic E-state index is 11.6. The Labute approximate surface area is 84.3 Å². The maximum atomic E-state index is 11.6. The van der Waals surface area contributed by atoms with Gasteiger partial charge in [-0.25, -0.2) is 0 Å². The molecule has 0 bridgehead atoms. The minimum Gasteiger partial charge on any atom is -0.466 e. The third-order valence-corrected chi connectivity index (χ3v) is 2.92. The highest BCUT2D eigenvalue weighted by Gasteiger charge is 2.23. The third-order valence-electron chi connectivity index (χ3n) is 2.92. The predicted octanol–water partition coefficient (Wildman–Crippen LogP) is 2.89. The Balaban J connectivity index is 1.99. The first-order valence-electron chi connectivity index (χ1n) is 5.34. The van der Waals surface area contributed by atoms with Gasteiger partial charge in [0.15, 0.2) is 0 Å². The molecule has 0 aromatic carbocycles. The molecule has 0 saturated heterocycles. The van der Waals surface area contributed by atoms with Crippen LogP contribution in [0.25, 0.3) is 0 Å². The van der Waals surface area contributed by atoms with E-state index >= 15 is 0 Å². The van der Waals surface area contributed by atoms with Gasteiger partial charge in [0.05, 0.1) is 0 Å². The van der Waals surface area contributed by atoms with Crippen molar-refractivity contribution in [3.05, 3.63) is 23.7 Å². The van der Waals surface area contributed by atoms with Gasteiger partial charge in [-0.1, -0.05) is 6.42 Å². The molecule has 2 nitrogen and oxygen atoms in total. The molecule has 1 heterocycles. The van der Waals surface area contributed by atoms with E-state index in [1.165, 1.54) is 6.42 Å². The average molecular weight is 192 g/mol. The summed E-state index contributed by atoms with van der Waals surface area (Å²) >= 11 is 0. The molecule has 1 fully saturated rings. The SMILES string of the molecule is Cc1ccc(CC2CCCCC2=O)o1. The zero-order valence-electron chi connectivity index (χ0n) is 8.58. The summed E-state index contributed by atoms with van der Waals surface area (Å²) < 4.78 is 5.48. The molecule has 1 unspecified atom stereocenters. The van der Waals surface area contributed by atoms with Crippen LogP contribution in [-0.2, 0) is 11.2 Å². The highest BCUT2D eigenvalue weighted by atomic mass is 16.3. The van der Waals surface area contributed by atoms with Gasteiger partial charge in [-0.2, -0.15) is 0 Å². The second kappa shape index (κ2) is 3.99. The van der Waals surface area contributed by atoms with E-state index in [2.05, 4.69) is 0 Å². The molecule has 1 aliphatic rings. The van der Waals surface area contributed by atoms with Crippen LogP contribution in [0.2, 0.25) is 0 Å². The average Bonchev–Trinajstić information content (AvgIpc) is 2.56. The minimum atomic E-state index is 0.217. The van der Waals surface area contributed by atoms with E-state index in [1.54, 1.807) is 0 Å². The van der Waals surface area contributed by atoms with Crippen molar-refractivity contribution >= 4 is 5.78 Å². The van der Waals surface area contributed by atoms with Crippen LogP contribution < -0.4 is 0 Å². The molecule has 2 heteroatoms. The highest BCUT2D eigenvalue weighted by molar-refractivity contribution is 5.81. The fourth-order valence-electron chi connectivity index (χ4n) is 2.11. The molecule has 0 spiro atoms. The molecule has 76 valence electrons. The lowest BCUT2D eigenvalue weighted by Gasteiger charge is -2.18. The number of ketones is 1. The van der Waals surface area contributed by atoms with Crippen molar-refractivity contribution in [3.8, 4) is 0 Å². The molecule has 1 aromatic heterocycles. The lowest BCUT2D eigenvalue weighted by atomic mass is 9.85. The second-order valence-electron chi connectivity index (χ2n) is 4.13. The Bertz CT molecular complexity index is 325. The van der Waals surface area contributed by atoms with Gasteiger partial charge in [-0.15, -0.1) is 0 Å². The van der Waals surface area contributed by atoms with Gasteiger partial charge in [0.1, 0.15) is 17.3 Å². The van der Waals surface area contributed by atoms with E-state index in [4.69, 9.17) is 4.42 Å². The standard InChI is InChI=1S/C12H16O2/c1-9-6-7-11(14-9)8-10-4-2-3-5-12(10)13/h6-7,10H,2-5,8H2,1H3. The molecule has 14 heavy (non-hydrogen) atoms. The van der Waals surface area contributed by atoms with Crippen molar-refractivity contribution in [3.63, 3.8) is 0 Å². The highest BCUT2D eigenvalue weighted by Crippen LogP contribution is 2.24. The van der Waals surface area contributed by atoms with Crippen LogP contribution in [0.4, 0.5) is 0 Å². The molecule has 1 aliphatic carbocycles. The quantitative estimate of drug-likeness (QED) is 0.721. The topological polar surface area (TPSA) is 30.2 Å². The molecule has 0 radical (unpaired) electrons. The van der Waals surface area contributed by atoms with E-state index in [1.807, 2.05) is 19.1 Å². The Morgan fingerprint density at radius 2 is 2.29 bits per heavy atom. The summed E-state index contributed by atoms with van der Waals surface area (Å²) in [6.07, 6.45) is 4.87. The molecule has 0 N–H and O–H groups in total. The van der Waals surface area contributed by atoms with Gasteiger partial charge in [0, 0.05) is 18.8 Å². The van der Waals surface area contributed by atoms with Crippen LogP contribution in [0.5, 0.6) is 0 Å². The van der Waals surface area contributed by atoms with E-state index in [0.29, 0.717) is 5.78 Å². The normalized spacial score (nSPS) is 22.6. The Morgan fingerprint density at radius 1 is 1.43 bits per heavy atom. The summed E-state index contributed by atoms with van der Waals surface area (Å²) in [5, 5.41) is 0. The molecule has 1 aromatic rings. The number of aryl methyl sites for hydroxylation is 1. The summed E-state index contributed by atoms with van der Waals surface area (Å²) in [4.78, 5) is 11.6. The molecule has 0 amide bonds. The smallest absolute Gasteiger partial charge is 0.136 e. The van der Waals surface area contributed by atoms with Gasteiger partial charge in [-0.3, -0.25) is 4.79 Å². The van der Waals surface area contributed by atoms with Crippen LogP contribution in [0.3, 0.4) is 0 Å². The van der Waals surface area contributed by atoms with Crippen molar-refractivity contribution in [1.29, 1.82) is 0 Å². The fraction of sp³-hybridized carbons (Fsp3) is 0.583. The maximum Gasteiger partial charge on any atom is 0.136 e. The molecule has 1 saturated carbocycles. The Morgan fingerprint density at radius 3 is 2.93 bits per heavy atom. The van der Waals surface area contributed by atoms with E-state index in [9.17, 15) is 4.79 Å². The van der Waals surface area contributed by atoms with Crippen molar-refractivity contribution in [1.82, 2.24) is 0 Å². The Kier molecular flexibility index (Phi) is 2.71. The third kappa shape index (κ3) is 2.06.